The van der Waals surface area contributed by atoms with Crippen LogP contribution in [0.1, 0.15) is 29.0 Å². The molecule has 3 nitrogen and oxygen atoms in total. The zero-order chi connectivity index (χ0) is 13.9. The number of aromatic hydroxyl groups is 1. The molecule has 1 aliphatic heterocycles. The van der Waals surface area contributed by atoms with Crippen molar-refractivity contribution >= 4 is 0 Å². The molecule has 104 valence electrons. The highest BCUT2D eigenvalue weighted by Gasteiger charge is 2.22. The summed E-state index contributed by atoms with van der Waals surface area (Å²) < 4.78 is 5.62. The number of fused-ring (bicyclic) bond motifs is 1. The van der Waals surface area contributed by atoms with E-state index in [0.29, 0.717) is 18.9 Å². The third-order valence-electron chi connectivity index (χ3n) is 3.87. The predicted molar refractivity (Wildman–Crippen MR) is 79.3 cm³/mol. The van der Waals surface area contributed by atoms with Crippen molar-refractivity contribution in [2.45, 2.75) is 18.8 Å². The van der Waals surface area contributed by atoms with Crippen molar-refractivity contribution in [3.8, 4) is 11.5 Å². The molecule has 0 saturated heterocycles. The van der Waals surface area contributed by atoms with Crippen LogP contribution in [0.15, 0.2) is 42.5 Å². The van der Waals surface area contributed by atoms with E-state index in [1.807, 2.05) is 30.3 Å². The molecule has 1 atom stereocenters. The monoisotopic (exact) mass is 269 g/mol. The van der Waals surface area contributed by atoms with E-state index in [2.05, 4.69) is 12.1 Å². The summed E-state index contributed by atoms with van der Waals surface area (Å²) in [6.45, 7) is 1.28. The van der Waals surface area contributed by atoms with Gasteiger partial charge in [-0.3, -0.25) is 0 Å². The lowest BCUT2D eigenvalue weighted by atomic mass is 9.87. The smallest absolute Gasteiger partial charge is 0.123 e. The molecule has 0 fully saturated rings. The molecule has 0 aromatic heterocycles. The maximum atomic E-state index is 10.3. The van der Waals surface area contributed by atoms with Crippen LogP contribution in [0.25, 0.3) is 0 Å². The van der Waals surface area contributed by atoms with Crippen LogP contribution in [0.4, 0.5) is 0 Å². The number of phenolic OH excluding ortho intramolecular Hbond substituents is 1. The Balaban J connectivity index is 2.04. The van der Waals surface area contributed by atoms with Crippen molar-refractivity contribution in [1.82, 2.24) is 0 Å². The van der Waals surface area contributed by atoms with Crippen molar-refractivity contribution in [3.05, 3.63) is 59.2 Å². The molecule has 1 aliphatic rings. The fourth-order valence-electron chi connectivity index (χ4n) is 2.86. The Labute approximate surface area is 119 Å². The number of rotatable bonds is 4. The van der Waals surface area contributed by atoms with Crippen molar-refractivity contribution in [3.63, 3.8) is 0 Å². The Morgan fingerprint density at radius 2 is 2.00 bits per heavy atom. The summed E-state index contributed by atoms with van der Waals surface area (Å²) in [6, 6.07) is 14.0. The lowest BCUT2D eigenvalue weighted by Gasteiger charge is -2.19. The first kappa shape index (κ1) is 13.0. The lowest BCUT2D eigenvalue weighted by molar-refractivity contribution is 0.356. The zero-order valence-corrected chi connectivity index (χ0v) is 11.4. The van der Waals surface area contributed by atoms with E-state index >= 15 is 0 Å². The molecule has 0 spiro atoms. The maximum absolute atomic E-state index is 10.3. The molecule has 3 heteroatoms. The number of ether oxygens (including phenoxy) is 1. The minimum Gasteiger partial charge on any atom is -0.508 e. The van der Waals surface area contributed by atoms with Gasteiger partial charge in [0.05, 0.1) is 6.61 Å². The highest BCUT2D eigenvalue weighted by atomic mass is 16.5. The van der Waals surface area contributed by atoms with Crippen LogP contribution >= 0.6 is 0 Å². The zero-order valence-electron chi connectivity index (χ0n) is 11.4. The Hall–Kier alpha value is -2.00. The van der Waals surface area contributed by atoms with Gasteiger partial charge in [-0.1, -0.05) is 30.3 Å². The molecule has 0 amide bonds. The molecule has 0 bridgehead atoms. The van der Waals surface area contributed by atoms with Crippen LogP contribution in [0.3, 0.4) is 0 Å². The van der Waals surface area contributed by atoms with Crippen LogP contribution < -0.4 is 10.5 Å². The van der Waals surface area contributed by atoms with E-state index in [1.165, 1.54) is 5.56 Å². The average molecular weight is 269 g/mol. The molecule has 0 radical (unpaired) electrons. The molecule has 0 aliphatic carbocycles. The second-order valence-corrected chi connectivity index (χ2v) is 5.16. The molecular formula is C17H19NO2. The van der Waals surface area contributed by atoms with Gasteiger partial charge in [0.1, 0.15) is 11.5 Å². The minimum atomic E-state index is 0.107. The second-order valence-electron chi connectivity index (χ2n) is 5.16. The summed E-state index contributed by atoms with van der Waals surface area (Å²) in [5, 5.41) is 10.3. The Morgan fingerprint density at radius 3 is 2.75 bits per heavy atom. The molecule has 2 aromatic carbocycles. The highest BCUT2D eigenvalue weighted by molar-refractivity contribution is 5.51. The molecule has 1 unspecified atom stereocenters. The standard InChI is InChI=1S/C17H19NO2/c18-8-6-14(12-4-2-1-3-5-12)15-11-17-13(7-9-20-17)10-16(15)19/h1-5,10-11,14,19H,6-9,18H2. The van der Waals surface area contributed by atoms with Crippen LogP contribution in [0, 0.1) is 0 Å². The average Bonchev–Trinajstić information content (AvgIpc) is 2.92. The quantitative estimate of drug-likeness (QED) is 0.897. The second kappa shape index (κ2) is 5.55. The molecule has 1 heterocycles. The van der Waals surface area contributed by atoms with Crippen molar-refractivity contribution < 1.29 is 9.84 Å². The molecule has 2 aromatic rings. The number of benzene rings is 2. The summed E-state index contributed by atoms with van der Waals surface area (Å²) in [4.78, 5) is 0. The van der Waals surface area contributed by atoms with Gasteiger partial charge in [0.15, 0.2) is 0 Å². The number of nitrogens with two attached hydrogens (primary N) is 1. The number of phenols is 1. The fourth-order valence-corrected chi connectivity index (χ4v) is 2.86. The van der Waals surface area contributed by atoms with Gasteiger partial charge in [0, 0.05) is 23.5 Å². The molecule has 20 heavy (non-hydrogen) atoms. The van der Waals surface area contributed by atoms with E-state index in [4.69, 9.17) is 10.5 Å². The predicted octanol–water partition coefficient (Wildman–Crippen LogP) is 2.81. The third-order valence-corrected chi connectivity index (χ3v) is 3.87. The Bertz CT molecular complexity index is 595. The van der Waals surface area contributed by atoms with Gasteiger partial charge in [0.25, 0.3) is 0 Å². The van der Waals surface area contributed by atoms with Gasteiger partial charge in [-0.25, -0.2) is 0 Å². The molecule has 0 saturated carbocycles. The summed E-state index contributed by atoms with van der Waals surface area (Å²) in [7, 11) is 0. The minimum absolute atomic E-state index is 0.107. The van der Waals surface area contributed by atoms with Crippen LogP contribution in [-0.4, -0.2) is 18.3 Å². The van der Waals surface area contributed by atoms with Crippen LogP contribution in [-0.2, 0) is 6.42 Å². The summed E-state index contributed by atoms with van der Waals surface area (Å²) in [5.41, 5.74) is 8.92. The van der Waals surface area contributed by atoms with Gasteiger partial charge in [0.2, 0.25) is 0 Å². The Morgan fingerprint density at radius 1 is 1.20 bits per heavy atom. The van der Waals surface area contributed by atoms with E-state index in [0.717, 1.165) is 29.7 Å². The third kappa shape index (κ3) is 2.37. The van der Waals surface area contributed by atoms with E-state index < -0.39 is 0 Å². The van der Waals surface area contributed by atoms with E-state index in [-0.39, 0.29) is 5.92 Å². The van der Waals surface area contributed by atoms with E-state index in [9.17, 15) is 5.11 Å². The highest BCUT2D eigenvalue weighted by Crippen LogP contribution is 2.39. The number of hydrogen-bond acceptors (Lipinski definition) is 3. The maximum Gasteiger partial charge on any atom is 0.123 e. The molecule has 3 rings (SSSR count). The van der Waals surface area contributed by atoms with Gasteiger partial charge in [-0.05, 0) is 30.7 Å². The fraction of sp³-hybridized carbons (Fsp3) is 0.294. The Kier molecular flexibility index (Phi) is 3.61. The topological polar surface area (TPSA) is 55.5 Å². The van der Waals surface area contributed by atoms with Gasteiger partial charge in [-0.2, -0.15) is 0 Å². The lowest BCUT2D eigenvalue weighted by Crippen LogP contribution is -2.09. The largest absolute Gasteiger partial charge is 0.508 e. The van der Waals surface area contributed by atoms with Gasteiger partial charge < -0.3 is 15.6 Å². The normalized spacial score (nSPS) is 14.7. The van der Waals surface area contributed by atoms with Crippen molar-refractivity contribution in [2.75, 3.05) is 13.2 Å². The first-order valence-corrected chi connectivity index (χ1v) is 7.03. The van der Waals surface area contributed by atoms with Crippen LogP contribution in [0.2, 0.25) is 0 Å². The van der Waals surface area contributed by atoms with Gasteiger partial charge >= 0.3 is 0 Å². The van der Waals surface area contributed by atoms with Crippen molar-refractivity contribution in [2.24, 2.45) is 5.73 Å². The molecule has 3 N–H and O–H groups in total. The van der Waals surface area contributed by atoms with Crippen molar-refractivity contribution in [1.29, 1.82) is 0 Å². The van der Waals surface area contributed by atoms with Crippen LogP contribution in [0.5, 0.6) is 11.5 Å². The first-order valence-electron chi connectivity index (χ1n) is 7.03. The summed E-state index contributed by atoms with van der Waals surface area (Å²) >= 11 is 0. The number of hydrogen-bond donors (Lipinski definition) is 2. The summed E-state index contributed by atoms with van der Waals surface area (Å²) in [6.07, 6.45) is 1.67. The molecular weight excluding hydrogens is 250 g/mol. The summed E-state index contributed by atoms with van der Waals surface area (Å²) in [5.74, 6) is 1.35. The SMILES string of the molecule is NCCC(c1ccccc1)c1cc2c(cc1O)CCO2. The first-order chi connectivity index (χ1) is 9.79. The van der Waals surface area contributed by atoms with E-state index in [1.54, 1.807) is 0 Å². The van der Waals surface area contributed by atoms with Gasteiger partial charge in [-0.15, -0.1) is 0 Å².